The third-order valence-electron chi connectivity index (χ3n) is 7.33. The van der Waals surface area contributed by atoms with Gasteiger partial charge < -0.3 is 9.09 Å². The molecule has 0 radical (unpaired) electrons. The third-order valence-corrected chi connectivity index (χ3v) is 11.1. The molecule has 0 aliphatic rings. The van der Waals surface area contributed by atoms with Crippen molar-refractivity contribution in [3.05, 3.63) is 115 Å². The predicted octanol–water partition coefficient (Wildman–Crippen LogP) is 9.92. The maximum Gasteiger partial charge on any atom is 0.173 e. The first kappa shape index (κ1) is 24.5. The quantitative estimate of drug-likeness (QED) is 0.209. The first-order valence-electron chi connectivity index (χ1n) is 13.3. The van der Waals surface area contributed by atoms with Gasteiger partial charge in [0.15, 0.2) is 7.28 Å². The molecule has 6 rings (SSSR count). The highest BCUT2D eigenvalue weighted by Gasteiger charge is 2.39. The van der Waals surface area contributed by atoms with E-state index in [9.17, 15) is 0 Å². The van der Waals surface area contributed by atoms with E-state index >= 15 is 0 Å². The average molecular weight is 517 g/mol. The Morgan fingerprint density at radius 1 is 0.684 bits per heavy atom. The summed E-state index contributed by atoms with van der Waals surface area (Å²) in [5, 5.41) is 5.72. The molecule has 190 valence electrons. The normalized spacial score (nSPS) is 13.6. The average Bonchev–Trinajstić information content (AvgIpc) is 3.26. The highest BCUT2D eigenvalue weighted by molar-refractivity contribution is 7.71. The lowest BCUT2D eigenvalue weighted by Gasteiger charge is -2.37. The number of hydrogen-bond donors (Lipinski definition) is 0. The van der Waals surface area contributed by atoms with Crippen LogP contribution in [0.3, 0.4) is 0 Å². The summed E-state index contributed by atoms with van der Waals surface area (Å²) in [7, 11) is -2.65. The first-order valence-corrected chi connectivity index (χ1v) is 14.9. The lowest BCUT2D eigenvalue weighted by molar-refractivity contribution is 0.571. The number of aryl methyl sites for hydroxylation is 1. The minimum absolute atomic E-state index is 0.267. The van der Waals surface area contributed by atoms with Crippen LogP contribution >= 0.6 is 7.28 Å². The van der Waals surface area contributed by atoms with Crippen LogP contribution < -0.4 is 9.83 Å². The van der Waals surface area contributed by atoms with Gasteiger partial charge in [0.1, 0.15) is 5.75 Å². The molecule has 0 saturated heterocycles. The van der Waals surface area contributed by atoms with Crippen molar-refractivity contribution in [2.75, 3.05) is 0 Å². The minimum atomic E-state index is -2.65. The van der Waals surface area contributed by atoms with Crippen molar-refractivity contribution in [1.82, 2.24) is 4.57 Å². The molecule has 1 aromatic heterocycles. The zero-order valence-corrected chi connectivity index (χ0v) is 23.3. The molecule has 0 unspecified atom stereocenters. The molecule has 0 aliphatic carbocycles. The van der Waals surface area contributed by atoms with Crippen LogP contribution in [0.2, 0.25) is 0 Å². The Hall–Kier alpha value is -3.81. The fourth-order valence-electron chi connectivity index (χ4n) is 5.46. The maximum atomic E-state index is 7.14. The van der Waals surface area contributed by atoms with Gasteiger partial charge in [-0.1, -0.05) is 93.6 Å². The van der Waals surface area contributed by atoms with Gasteiger partial charge in [0.2, 0.25) is 0 Å². The van der Waals surface area contributed by atoms with Crippen LogP contribution in [-0.2, 0) is 6.54 Å². The standard InChI is InChI=1S/C34H33N2OP/c1-5-36-32-21-12-11-19-29(32)30-24-27(22-23-33(30)36)38(34(2,3)4,37-26-16-7-6-8-17-26)35-31-20-13-15-25-14-9-10-18-28(25)31/h6-24H,5H2,1-4H3/t38-/m1/s1. The number of nitrogens with zero attached hydrogens (tertiary/aromatic N) is 2. The molecule has 0 amide bonds. The second-order valence-corrected chi connectivity index (χ2v) is 14.1. The maximum absolute atomic E-state index is 7.14. The molecule has 0 fully saturated rings. The number of aromatic nitrogens is 1. The lowest BCUT2D eigenvalue weighted by atomic mass is 10.1. The zero-order chi connectivity index (χ0) is 26.3. The fraction of sp³-hybridized carbons (Fsp3) is 0.176. The second-order valence-electron chi connectivity index (χ2n) is 10.7. The Balaban J connectivity index is 1.71. The van der Waals surface area contributed by atoms with Gasteiger partial charge in [-0.3, -0.25) is 0 Å². The van der Waals surface area contributed by atoms with Crippen molar-refractivity contribution in [1.29, 1.82) is 0 Å². The molecule has 0 saturated carbocycles. The van der Waals surface area contributed by atoms with Crippen LogP contribution in [0.25, 0.3) is 32.6 Å². The summed E-state index contributed by atoms with van der Waals surface area (Å²) in [4.78, 5) is 0. The topological polar surface area (TPSA) is 26.5 Å². The van der Waals surface area contributed by atoms with Gasteiger partial charge in [0.25, 0.3) is 0 Å². The Bertz CT molecular complexity index is 1820. The van der Waals surface area contributed by atoms with E-state index in [1.165, 1.54) is 27.2 Å². The Kier molecular flexibility index (Phi) is 6.13. The molecule has 0 N–H and O–H groups in total. The molecule has 0 bridgehead atoms. The number of fused-ring (bicyclic) bond motifs is 4. The lowest BCUT2D eigenvalue weighted by Crippen LogP contribution is -2.27. The van der Waals surface area contributed by atoms with Crippen molar-refractivity contribution >= 4 is 50.9 Å². The van der Waals surface area contributed by atoms with E-state index in [0.717, 1.165) is 28.7 Å². The van der Waals surface area contributed by atoms with Crippen LogP contribution in [0.4, 0.5) is 5.69 Å². The van der Waals surface area contributed by atoms with Crippen molar-refractivity contribution in [3.63, 3.8) is 0 Å². The van der Waals surface area contributed by atoms with E-state index < -0.39 is 7.28 Å². The zero-order valence-electron chi connectivity index (χ0n) is 22.4. The molecule has 4 heteroatoms. The Morgan fingerprint density at radius 2 is 1.34 bits per heavy atom. The van der Waals surface area contributed by atoms with E-state index in [0.29, 0.717) is 0 Å². The van der Waals surface area contributed by atoms with Gasteiger partial charge in [-0.2, -0.15) is 0 Å². The smallest absolute Gasteiger partial charge is 0.173 e. The van der Waals surface area contributed by atoms with Crippen molar-refractivity contribution < 1.29 is 4.52 Å². The molecule has 38 heavy (non-hydrogen) atoms. The van der Waals surface area contributed by atoms with Gasteiger partial charge in [0.05, 0.1) is 5.69 Å². The van der Waals surface area contributed by atoms with Crippen LogP contribution in [0.15, 0.2) is 120 Å². The fourth-order valence-corrected chi connectivity index (χ4v) is 8.55. The second kappa shape index (κ2) is 9.49. The molecule has 5 aromatic carbocycles. The van der Waals surface area contributed by atoms with E-state index in [1.807, 2.05) is 30.3 Å². The first-order chi connectivity index (χ1) is 18.4. The van der Waals surface area contributed by atoms with E-state index in [2.05, 4.69) is 117 Å². The predicted molar refractivity (Wildman–Crippen MR) is 165 cm³/mol. The van der Waals surface area contributed by atoms with Crippen LogP contribution in [-0.4, -0.2) is 9.72 Å². The third kappa shape index (κ3) is 4.03. The molecule has 6 aromatic rings. The number of hydrogen-bond acceptors (Lipinski definition) is 2. The molecule has 0 aliphatic heterocycles. The largest absolute Gasteiger partial charge is 0.455 e. The summed E-state index contributed by atoms with van der Waals surface area (Å²) in [6.07, 6.45) is 0. The molecule has 1 heterocycles. The summed E-state index contributed by atoms with van der Waals surface area (Å²) in [5.74, 6) is 0.843. The van der Waals surface area contributed by atoms with Crippen molar-refractivity contribution in [2.24, 2.45) is 4.74 Å². The van der Waals surface area contributed by atoms with Crippen molar-refractivity contribution in [2.45, 2.75) is 39.4 Å². The summed E-state index contributed by atoms with van der Waals surface area (Å²) in [6.45, 7) is 9.91. The monoisotopic (exact) mass is 516 g/mol. The van der Waals surface area contributed by atoms with Crippen LogP contribution in [0.5, 0.6) is 5.75 Å². The van der Waals surface area contributed by atoms with Crippen LogP contribution in [0, 0.1) is 0 Å². The van der Waals surface area contributed by atoms with E-state index in [1.54, 1.807) is 0 Å². The van der Waals surface area contributed by atoms with Gasteiger partial charge in [-0.15, -0.1) is 0 Å². The summed E-state index contributed by atoms with van der Waals surface area (Å²) in [5.41, 5.74) is 3.48. The van der Waals surface area contributed by atoms with E-state index in [-0.39, 0.29) is 5.16 Å². The molecular formula is C34H33N2OP. The molecular weight excluding hydrogens is 483 g/mol. The summed E-state index contributed by atoms with van der Waals surface area (Å²) in [6, 6.07) is 40.6. The molecule has 0 spiro atoms. The highest BCUT2D eigenvalue weighted by Crippen LogP contribution is 2.62. The van der Waals surface area contributed by atoms with Gasteiger partial charge >= 0.3 is 0 Å². The number of rotatable bonds is 5. The SMILES string of the molecule is CCn1c2ccccc2c2cc([P@@](=Nc3cccc4ccccc34)(Oc3ccccc3)C(C)(C)C)ccc21. The molecule has 3 nitrogen and oxygen atoms in total. The number of benzene rings is 5. The molecule has 1 atom stereocenters. The number of para-hydroxylation sites is 2. The van der Waals surface area contributed by atoms with Gasteiger partial charge in [-0.05, 0) is 54.8 Å². The van der Waals surface area contributed by atoms with E-state index in [4.69, 9.17) is 9.27 Å². The van der Waals surface area contributed by atoms with Crippen LogP contribution in [0.1, 0.15) is 27.7 Å². The summed E-state index contributed by atoms with van der Waals surface area (Å²) < 4.78 is 15.2. The van der Waals surface area contributed by atoms with Gasteiger partial charge in [0, 0.05) is 44.2 Å². The Morgan fingerprint density at radius 3 is 2.11 bits per heavy atom. The highest BCUT2D eigenvalue weighted by atomic mass is 31.2. The minimum Gasteiger partial charge on any atom is -0.455 e. The summed E-state index contributed by atoms with van der Waals surface area (Å²) >= 11 is 0. The van der Waals surface area contributed by atoms with Crippen molar-refractivity contribution in [3.8, 4) is 5.75 Å². The Labute approximate surface area is 224 Å². The van der Waals surface area contributed by atoms with Gasteiger partial charge in [-0.25, -0.2) is 4.74 Å².